The van der Waals surface area contributed by atoms with E-state index >= 15 is 0 Å². The van der Waals surface area contributed by atoms with Crippen LogP contribution in [0.4, 0.5) is 4.79 Å². The normalized spacial score (nSPS) is 14.1. The molecule has 3 aromatic carbocycles. The fourth-order valence-electron chi connectivity index (χ4n) is 4.42. The summed E-state index contributed by atoms with van der Waals surface area (Å²) in [6.45, 7) is 6.97. The molecule has 4 aromatic rings. The predicted molar refractivity (Wildman–Crippen MR) is 158 cm³/mol. The molecule has 0 aliphatic carbocycles. The first kappa shape index (κ1) is 29.5. The van der Waals surface area contributed by atoms with Crippen LogP contribution in [-0.4, -0.2) is 46.7 Å². The van der Waals surface area contributed by atoms with Crippen molar-refractivity contribution in [3.63, 3.8) is 0 Å². The highest BCUT2D eigenvalue weighted by Crippen LogP contribution is 2.35. The average molecular weight is 586 g/mol. The van der Waals surface area contributed by atoms with E-state index < -0.39 is 17.8 Å². The molecule has 0 bridgehead atoms. The number of rotatable bonds is 10. The summed E-state index contributed by atoms with van der Waals surface area (Å²) >= 11 is 0. The third-order valence-corrected chi connectivity index (χ3v) is 6.44. The van der Waals surface area contributed by atoms with E-state index in [9.17, 15) is 9.59 Å². The molecule has 1 atom stereocenters. The van der Waals surface area contributed by atoms with Gasteiger partial charge in [-0.2, -0.15) is 0 Å². The molecule has 1 aromatic heterocycles. The molecule has 1 unspecified atom stereocenters. The molecule has 0 saturated heterocycles. The molecule has 10 nitrogen and oxygen atoms in total. The first-order chi connectivity index (χ1) is 20.7. The average Bonchev–Trinajstić information content (AvgIpc) is 3.54. The second-order valence-corrected chi connectivity index (χ2v) is 11.1. The number of hydrogen-bond acceptors (Lipinski definition) is 8. The highest BCUT2D eigenvalue weighted by atomic mass is 16.6. The maximum atomic E-state index is 13.4. The molecule has 0 spiro atoms. The number of nitrogens with one attached hydrogen (secondary N) is 1. The van der Waals surface area contributed by atoms with Gasteiger partial charge in [0.1, 0.15) is 30.8 Å². The van der Waals surface area contributed by atoms with Gasteiger partial charge < -0.3 is 33.6 Å². The van der Waals surface area contributed by atoms with Crippen LogP contribution in [0.3, 0.4) is 0 Å². The topological polar surface area (TPSA) is 112 Å². The largest absolute Gasteiger partial charge is 0.489 e. The van der Waals surface area contributed by atoms with Crippen LogP contribution in [-0.2, 0) is 24.4 Å². The summed E-state index contributed by atoms with van der Waals surface area (Å²) in [7, 11) is 0. The van der Waals surface area contributed by atoms with Crippen molar-refractivity contribution in [1.82, 2.24) is 15.2 Å². The molecule has 224 valence electrons. The van der Waals surface area contributed by atoms with Gasteiger partial charge in [0.15, 0.2) is 17.6 Å². The predicted octanol–water partition coefficient (Wildman–Crippen LogP) is 5.76. The van der Waals surface area contributed by atoms with E-state index in [0.29, 0.717) is 30.4 Å². The Morgan fingerprint density at radius 2 is 1.74 bits per heavy atom. The van der Waals surface area contributed by atoms with Crippen LogP contribution in [0.15, 0.2) is 89.7 Å². The van der Waals surface area contributed by atoms with E-state index in [1.165, 1.54) is 12.5 Å². The van der Waals surface area contributed by atoms with E-state index in [0.717, 1.165) is 16.7 Å². The summed E-state index contributed by atoms with van der Waals surface area (Å²) in [5, 5.41) is 2.75. The van der Waals surface area contributed by atoms with E-state index in [1.54, 1.807) is 11.0 Å². The Bertz CT molecular complexity index is 1500. The molecule has 2 amide bonds. The maximum absolute atomic E-state index is 13.4. The van der Waals surface area contributed by atoms with E-state index in [2.05, 4.69) is 10.3 Å². The van der Waals surface area contributed by atoms with Crippen molar-refractivity contribution in [2.24, 2.45) is 0 Å². The summed E-state index contributed by atoms with van der Waals surface area (Å²) in [6, 6.07) is 23.0. The fourth-order valence-corrected chi connectivity index (χ4v) is 4.42. The SMILES string of the molecule is CC(C)(C)OC(=O)NCc1ccc(CN(CC2COc3ccc(OCc4ccccc4)cc3O2)C(=O)c2ncco2)cc1. The Morgan fingerprint density at radius 1 is 0.977 bits per heavy atom. The molecule has 2 heterocycles. The molecular weight excluding hydrogens is 550 g/mol. The Labute approximate surface area is 250 Å². The Morgan fingerprint density at radius 3 is 2.47 bits per heavy atom. The standard InChI is InChI=1S/C33H35N3O7/c1-33(2,3)43-32(38)35-18-23-9-11-24(12-10-23)19-36(31(37)30-34-15-16-39-30)20-27-22-41-28-14-13-26(17-29(28)42-27)40-21-25-7-5-4-6-8-25/h4-17,27H,18-22H2,1-3H3,(H,35,38). The number of nitrogens with zero attached hydrogens (tertiary/aromatic N) is 2. The quantitative estimate of drug-likeness (QED) is 0.250. The van der Waals surface area contributed by atoms with Crippen LogP contribution in [0.1, 0.15) is 48.1 Å². The number of carbonyl (C=O) groups excluding carboxylic acids is 2. The van der Waals surface area contributed by atoms with Gasteiger partial charge in [-0.1, -0.05) is 54.6 Å². The van der Waals surface area contributed by atoms with Crippen LogP contribution < -0.4 is 19.5 Å². The summed E-state index contributed by atoms with van der Waals surface area (Å²) in [5.74, 6) is 1.44. The lowest BCUT2D eigenvalue weighted by atomic mass is 10.1. The lowest BCUT2D eigenvalue weighted by molar-refractivity contribution is 0.0417. The van der Waals surface area contributed by atoms with Crippen LogP contribution in [0, 0.1) is 0 Å². The van der Waals surface area contributed by atoms with Gasteiger partial charge in [-0.15, -0.1) is 0 Å². The zero-order valence-corrected chi connectivity index (χ0v) is 24.4. The molecule has 0 fully saturated rings. The van der Waals surface area contributed by atoms with E-state index in [-0.39, 0.29) is 31.5 Å². The third-order valence-electron chi connectivity index (χ3n) is 6.44. The van der Waals surface area contributed by atoms with Gasteiger partial charge in [-0.25, -0.2) is 9.78 Å². The molecule has 10 heteroatoms. The van der Waals surface area contributed by atoms with Gasteiger partial charge in [0, 0.05) is 19.2 Å². The maximum Gasteiger partial charge on any atom is 0.407 e. The van der Waals surface area contributed by atoms with Crippen molar-refractivity contribution in [3.05, 3.63) is 108 Å². The summed E-state index contributed by atoms with van der Waals surface area (Å²) in [4.78, 5) is 31.0. The molecule has 5 rings (SSSR count). The lowest BCUT2D eigenvalue weighted by Crippen LogP contribution is -2.43. The van der Waals surface area contributed by atoms with Crippen LogP contribution in [0.25, 0.3) is 0 Å². The molecule has 1 N–H and O–H groups in total. The van der Waals surface area contributed by atoms with Crippen molar-refractivity contribution >= 4 is 12.0 Å². The summed E-state index contributed by atoms with van der Waals surface area (Å²) in [5.41, 5.74) is 2.27. The molecule has 43 heavy (non-hydrogen) atoms. The molecule has 1 aliphatic rings. The minimum Gasteiger partial charge on any atom is -0.489 e. The van der Waals surface area contributed by atoms with Crippen molar-refractivity contribution in [1.29, 1.82) is 0 Å². The van der Waals surface area contributed by atoms with Gasteiger partial charge >= 0.3 is 12.0 Å². The Kier molecular flexibility index (Phi) is 9.14. The van der Waals surface area contributed by atoms with Gasteiger partial charge in [0.25, 0.3) is 5.89 Å². The van der Waals surface area contributed by atoms with Crippen LogP contribution in [0.5, 0.6) is 17.2 Å². The van der Waals surface area contributed by atoms with Gasteiger partial charge in [0.2, 0.25) is 0 Å². The van der Waals surface area contributed by atoms with E-state index in [4.69, 9.17) is 23.4 Å². The number of ether oxygens (including phenoxy) is 4. The molecule has 0 radical (unpaired) electrons. The zero-order valence-electron chi connectivity index (χ0n) is 24.4. The number of benzene rings is 3. The van der Waals surface area contributed by atoms with Gasteiger partial charge in [-0.05, 0) is 49.6 Å². The van der Waals surface area contributed by atoms with Crippen LogP contribution in [0.2, 0.25) is 0 Å². The Hall–Kier alpha value is -4.99. The summed E-state index contributed by atoms with van der Waals surface area (Å²) in [6.07, 6.45) is 1.88. The lowest BCUT2D eigenvalue weighted by Gasteiger charge is -2.31. The van der Waals surface area contributed by atoms with Gasteiger partial charge in [0.05, 0.1) is 12.7 Å². The minimum absolute atomic E-state index is 0.00749. The molecule has 1 aliphatic heterocycles. The molecular formula is C33H35N3O7. The van der Waals surface area contributed by atoms with Crippen molar-refractivity contribution in [3.8, 4) is 17.2 Å². The second-order valence-electron chi connectivity index (χ2n) is 11.1. The van der Waals surface area contributed by atoms with Crippen molar-refractivity contribution in [2.45, 2.75) is 52.2 Å². The second kappa shape index (κ2) is 13.3. The van der Waals surface area contributed by atoms with Gasteiger partial charge in [-0.3, -0.25) is 4.79 Å². The molecule has 0 saturated carbocycles. The first-order valence-corrected chi connectivity index (χ1v) is 14.1. The smallest absolute Gasteiger partial charge is 0.407 e. The zero-order chi connectivity index (χ0) is 30.2. The third kappa shape index (κ3) is 8.51. The number of oxazole rings is 1. The Balaban J connectivity index is 1.23. The highest BCUT2D eigenvalue weighted by Gasteiger charge is 2.28. The van der Waals surface area contributed by atoms with Crippen molar-refractivity contribution < 1.29 is 33.0 Å². The number of hydrogen-bond donors (Lipinski definition) is 1. The van der Waals surface area contributed by atoms with E-state index in [1.807, 2.05) is 87.5 Å². The first-order valence-electron chi connectivity index (χ1n) is 14.1. The van der Waals surface area contributed by atoms with Crippen LogP contribution >= 0.6 is 0 Å². The van der Waals surface area contributed by atoms with Crippen molar-refractivity contribution in [2.75, 3.05) is 13.2 Å². The monoisotopic (exact) mass is 585 g/mol. The highest BCUT2D eigenvalue weighted by molar-refractivity contribution is 5.89. The fraction of sp³-hybridized carbons (Fsp3) is 0.303. The number of carbonyl (C=O) groups is 2. The number of aromatic nitrogens is 1. The number of alkyl carbamates (subject to hydrolysis) is 1. The summed E-state index contributed by atoms with van der Waals surface area (Å²) < 4.78 is 28.8. The number of fused-ring (bicyclic) bond motifs is 1. The minimum atomic E-state index is -0.569. The number of amides is 2.